The minimum absolute atomic E-state index is 0.0787. The van der Waals surface area contributed by atoms with E-state index in [0.717, 1.165) is 36.6 Å². The molecule has 38 heavy (non-hydrogen) atoms. The van der Waals surface area contributed by atoms with Crippen LogP contribution in [0.5, 0.6) is 0 Å². The van der Waals surface area contributed by atoms with E-state index in [2.05, 4.69) is 28.4 Å². The third-order valence-corrected chi connectivity index (χ3v) is 9.74. The van der Waals surface area contributed by atoms with Gasteiger partial charge in [-0.25, -0.2) is 8.42 Å². The van der Waals surface area contributed by atoms with Gasteiger partial charge in [-0.3, -0.25) is 9.69 Å². The fraction of sp³-hybridized carbons (Fsp3) is 0.452. The molecule has 3 aromatic carbocycles. The molecule has 0 saturated carbocycles. The van der Waals surface area contributed by atoms with Crippen molar-refractivity contribution in [3.05, 3.63) is 77.4 Å². The summed E-state index contributed by atoms with van der Waals surface area (Å²) in [7, 11) is -2.09. The molecule has 1 heterocycles. The number of carbonyl (C=O) groups excluding carboxylic acids is 1. The van der Waals surface area contributed by atoms with E-state index in [-0.39, 0.29) is 29.0 Å². The number of sulfone groups is 1. The van der Waals surface area contributed by atoms with Crippen LogP contribution in [0.1, 0.15) is 61.3 Å². The van der Waals surface area contributed by atoms with Crippen molar-refractivity contribution in [1.29, 1.82) is 0 Å². The van der Waals surface area contributed by atoms with Gasteiger partial charge in [0.1, 0.15) is 6.10 Å². The molecule has 5 rings (SSSR count). The highest BCUT2D eigenvalue weighted by molar-refractivity contribution is 7.91. The van der Waals surface area contributed by atoms with E-state index in [1.807, 2.05) is 30.3 Å². The number of likely N-dealkylation sites (tertiary alicyclic amines) is 1. The number of piperidine rings is 1. The Morgan fingerprint density at radius 3 is 2.58 bits per heavy atom. The lowest BCUT2D eigenvalue weighted by Crippen LogP contribution is -2.40. The fourth-order valence-corrected chi connectivity index (χ4v) is 7.20. The number of ether oxygens (including phenoxy) is 1. The molecule has 2 atom stereocenters. The normalized spacial score (nSPS) is 19.1. The van der Waals surface area contributed by atoms with Crippen LogP contribution in [0, 0.1) is 0 Å². The predicted molar refractivity (Wildman–Crippen MR) is 151 cm³/mol. The molecule has 1 aliphatic heterocycles. The number of fused-ring (bicyclic) bond motifs is 2. The van der Waals surface area contributed by atoms with Crippen LogP contribution in [0.4, 0.5) is 0 Å². The largest absolute Gasteiger partial charge is 0.372 e. The standard InChI is InChI=1S/C31H38N2O4S/c1-37-30(16-19-38(35,36)27-14-13-24-8-3-4-9-25(24)21-27)31(34)32-29-11-7-10-26-20-23(12-15-28(26)29)22-33-17-5-2-6-18-33/h3-4,8-9,12-15,20-21,29-30H,2,5-7,10-11,16-19,22H2,1H3,(H,32,34)/t29-,30?/m1/s1. The average Bonchev–Trinajstić information content (AvgIpc) is 2.93. The summed E-state index contributed by atoms with van der Waals surface area (Å²) >= 11 is 0. The third-order valence-electron chi connectivity index (χ3n) is 8.00. The smallest absolute Gasteiger partial charge is 0.249 e. The Hall–Kier alpha value is -2.74. The maximum atomic E-state index is 13.2. The van der Waals surface area contributed by atoms with Gasteiger partial charge in [0.05, 0.1) is 16.7 Å². The quantitative estimate of drug-likeness (QED) is 0.409. The number of nitrogens with one attached hydrogen (secondary N) is 1. The zero-order valence-corrected chi connectivity index (χ0v) is 23.0. The summed E-state index contributed by atoms with van der Waals surface area (Å²) in [4.78, 5) is 16.0. The molecule has 0 aromatic heterocycles. The molecule has 1 fully saturated rings. The van der Waals surface area contributed by atoms with Gasteiger partial charge in [0, 0.05) is 13.7 Å². The maximum absolute atomic E-state index is 13.2. The molecule has 7 heteroatoms. The minimum atomic E-state index is -3.55. The van der Waals surface area contributed by atoms with Crippen molar-refractivity contribution < 1.29 is 17.9 Å². The molecule has 1 saturated heterocycles. The van der Waals surface area contributed by atoms with Gasteiger partial charge in [-0.2, -0.15) is 0 Å². The molecular formula is C31H38N2O4S. The van der Waals surface area contributed by atoms with Crippen LogP contribution in [0.2, 0.25) is 0 Å². The second-order valence-electron chi connectivity index (χ2n) is 10.7. The minimum Gasteiger partial charge on any atom is -0.372 e. The monoisotopic (exact) mass is 534 g/mol. The predicted octanol–water partition coefficient (Wildman–Crippen LogP) is 5.20. The fourth-order valence-electron chi connectivity index (χ4n) is 5.85. The number of hydrogen-bond donors (Lipinski definition) is 1. The van der Waals surface area contributed by atoms with Crippen LogP contribution in [-0.2, 0) is 32.3 Å². The van der Waals surface area contributed by atoms with E-state index in [1.165, 1.54) is 56.2 Å². The Labute approximate surface area is 226 Å². The molecule has 6 nitrogen and oxygen atoms in total. The van der Waals surface area contributed by atoms with E-state index < -0.39 is 15.9 Å². The van der Waals surface area contributed by atoms with Crippen LogP contribution in [0.3, 0.4) is 0 Å². The summed E-state index contributed by atoms with van der Waals surface area (Å²) in [6.45, 7) is 3.33. The SMILES string of the molecule is COC(CCS(=O)(=O)c1ccc2ccccc2c1)C(=O)N[C@@H]1CCCc2cc(CN3CCCCC3)ccc21. The summed E-state index contributed by atoms with van der Waals surface area (Å²) in [6, 6.07) is 19.4. The van der Waals surface area contributed by atoms with Gasteiger partial charge in [0.25, 0.3) is 0 Å². The molecule has 202 valence electrons. The molecule has 1 amide bonds. The van der Waals surface area contributed by atoms with Crippen LogP contribution >= 0.6 is 0 Å². The summed E-state index contributed by atoms with van der Waals surface area (Å²) in [5.41, 5.74) is 3.82. The van der Waals surface area contributed by atoms with E-state index in [4.69, 9.17) is 4.74 Å². The second kappa shape index (κ2) is 12.0. The molecule has 3 aromatic rings. The van der Waals surface area contributed by atoms with Crippen molar-refractivity contribution in [2.24, 2.45) is 0 Å². The van der Waals surface area contributed by atoms with Crippen molar-refractivity contribution in [1.82, 2.24) is 10.2 Å². The number of carbonyl (C=O) groups is 1. The first kappa shape index (κ1) is 26.9. The van der Waals surface area contributed by atoms with Gasteiger partial charge in [0.15, 0.2) is 9.84 Å². The van der Waals surface area contributed by atoms with Crippen molar-refractivity contribution >= 4 is 26.5 Å². The topological polar surface area (TPSA) is 75.7 Å². The number of aryl methyl sites for hydroxylation is 1. The Morgan fingerprint density at radius 1 is 1.00 bits per heavy atom. The highest BCUT2D eigenvalue weighted by atomic mass is 32.2. The molecule has 0 spiro atoms. The van der Waals surface area contributed by atoms with Gasteiger partial charge in [-0.1, -0.05) is 55.0 Å². The first-order valence-electron chi connectivity index (χ1n) is 13.8. The Kier molecular flexibility index (Phi) is 8.46. The lowest BCUT2D eigenvalue weighted by molar-refractivity contribution is -0.132. The Bertz CT molecular complexity index is 1380. The second-order valence-corrected chi connectivity index (χ2v) is 12.8. The van der Waals surface area contributed by atoms with Crippen molar-refractivity contribution in [2.75, 3.05) is 26.0 Å². The van der Waals surface area contributed by atoms with Gasteiger partial charge in [-0.15, -0.1) is 0 Å². The van der Waals surface area contributed by atoms with Crippen LogP contribution in [0.15, 0.2) is 65.6 Å². The highest BCUT2D eigenvalue weighted by Crippen LogP contribution is 2.31. The molecule has 2 aliphatic rings. The molecule has 1 aliphatic carbocycles. The summed E-state index contributed by atoms with van der Waals surface area (Å²) in [5.74, 6) is -0.408. The number of methoxy groups -OCH3 is 1. The Morgan fingerprint density at radius 2 is 1.79 bits per heavy atom. The van der Waals surface area contributed by atoms with E-state index >= 15 is 0 Å². The third kappa shape index (κ3) is 6.28. The number of amides is 1. The summed E-state index contributed by atoms with van der Waals surface area (Å²) in [5, 5.41) is 5.03. The molecule has 1 N–H and O–H groups in total. The first-order valence-corrected chi connectivity index (χ1v) is 15.5. The van der Waals surface area contributed by atoms with E-state index in [1.54, 1.807) is 12.1 Å². The van der Waals surface area contributed by atoms with Crippen LogP contribution < -0.4 is 5.32 Å². The van der Waals surface area contributed by atoms with Crippen LogP contribution in [0.25, 0.3) is 10.8 Å². The number of nitrogens with zero attached hydrogens (tertiary/aromatic N) is 1. The van der Waals surface area contributed by atoms with Crippen molar-refractivity contribution in [2.45, 2.75) is 68.5 Å². The Balaban J connectivity index is 1.21. The zero-order chi connectivity index (χ0) is 26.5. The van der Waals surface area contributed by atoms with E-state index in [0.29, 0.717) is 0 Å². The molecular weight excluding hydrogens is 496 g/mol. The summed E-state index contributed by atoms with van der Waals surface area (Å²) in [6.07, 6.45) is 6.08. The van der Waals surface area contributed by atoms with Gasteiger partial charge >= 0.3 is 0 Å². The van der Waals surface area contributed by atoms with Crippen molar-refractivity contribution in [3.8, 4) is 0 Å². The summed E-state index contributed by atoms with van der Waals surface area (Å²) < 4.78 is 31.6. The molecule has 1 unspecified atom stereocenters. The average molecular weight is 535 g/mol. The maximum Gasteiger partial charge on any atom is 0.249 e. The number of rotatable bonds is 9. The zero-order valence-electron chi connectivity index (χ0n) is 22.2. The van der Waals surface area contributed by atoms with Gasteiger partial charge in [0.2, 0.25) is 5.91 Å². The highest BCUT2D eigenvalue weighted by Gasteiger charge is 2.28. The number of hydrogen-bond acceptors (Lipinski definition) is 5. The van der Waals surface area contributed by atoms with Gasteiger partial charge < -0.3 is 10.1 Å². The van der Waals surface area contributed by atoms with Crippen molar-refractivity contribution in [3.63, 3.8) is 0 Å². The lowest BCUT2D eigenvalue weighted by atomic mass is 9.86. The number of benzene rings is 3. The van der Waals surface area contributed by atoms with Gasteiger partial charge in [-0.05, 0) is 91.2 Å². The van der Waals surface area contributed by atoms with E-state index in [9.17, 15) is 13.2 Å². The lowest BCUT2D eigenvalue weighted by Gasteiger charge is -2.30. The van der Waals surface area contributed by atoms with Crippen LogP contribution in [-0.4, -0.2) is 51.3 Å². The molecule has 0 radical (unpaired) electrons. The first-order chi connectivity index (χ1) is 18.4. The molecule has 0 bridgehead atoms.